The summed E-state index contributed by atoms with van der Waals surface area (Å²) in [5.74, 6) is -8.00. The molecule has 4 nitrogen and oxygen atoms in total. The maximum atomic E-state index is 12.9. The van der Waals surface area contributed by atoms with Gasteiger partial charge in [0.25, 0.3) is 0 Å². The molecule has 1 aliphatic heterocycles. The largest absolute Gasteiger partial charge is 0.463 e. The van der Waals surface area contributed by atoms with Crippen LogP contribution in [0.2, 0.25) is 0 Å². The first kappa shape index (κ1) is 15.7. The van der Waals surface area contributed by atoms with Crippen LogP contribution >= 0.6 is 11.3 Å². The average molecular weight is 325 g/mol. The molecule has 0 bridgehead atoms. The number of nitrogens with zero attached hydrogens (tertiary/aromatic N) is 1. The lowest BCUT2D eigenvalue weighted by atomic mass is 10.1. The van der Waals surface area contributed by atoms with Crippen LogP contribution in [0, 0.1) is 11.3 Å². The van der Waals surface area contributed by atoms with E-state index < -0.39 is 18.0 Å². The first-order chi connectivity index (χ1) is 9.68. The van der Waals surface area contributed by atoms with Crippen LogP contribution in [0.1, 0.15) is 16.0 Å². The number of carbonyl (C=O) groups is 1. The van der Waals surface area contributed by atoms with Crippen molar-refractivity contribution in [3.8, 4) is 6.07 Å². The number of carbonyl (C=O) groups excluding carboxylic acids is 1. The number of hydrogen-bond donors (Lipinski definition) is 2. The van der Waals surface area contributed by atoms with E-state index in [1.165, 1.54) is 5.32 Å². The van der Waals surface area contributed by atoms with Crippen molar-refractivity contribution in [3.63, 3.8) is 0 Å². The van der Waals surface area contributed by atoms with E-state index in [0.29, 0.717) is 30.0 Å². The molecule has 10 heteroatoms. The Labute approximate surface area is 119 Å². The molecule has 0 saturated heterocycles. The third kappa shape index (κ3) is 2.71. The lowest BCUT2D eigenvalue weighted by Crippen LogP contribution is -2.47. The monoisotopic (exact) mass is 325 g/mol. The van der Waals surface area contributed by atoms with E-state index in [2.05, 4.69) is 5.32 Å². The van der Waals surface area contributed by atoms with E-state index in [1.807, 2.05) is 0 Å². The summed E-state index contributed by atoms with van der Waals surface area (Å²) in [4.78, 5) is 11.8. The molecule has 1 aromatic heterocycles. The minimum atomic E-state index is -5.98. The predicted molar refractivity (Wildman–Crippen MR) is 64.1 cm³/mol. The van der Waals surface area contributed by atoms with Gasteiger partial charge in [0.05, 0.1) is 5.56 Å². The van der Waals surface area contributed by atoms with E-state index in [4.69, 9.17) is 5.26 Å². The number of anilines is 1. The second-order valence-corrected chi connectivity index (χ2v) is 5.38. The standard InChI is InChI=1S/C11H8F5N3OS/c12-10(13,11(14,15)16)9(20)19-8-6(3-17)5-1-2-18-4-7(5)21-8/h18H,1-2,4H2,(H,19,20). The Hall–Kier alpha value is -1.73. The van der Waals surface area contributed by atoms with Crippen LogP contribution in [0.25, 0.3) is 0 Å². The average Bonchev–Trinajstić information content (AvgIpc) is 2.74. The van der Waals surface area contributed by atoms with Crippen molar-refractivity contribution in [2.45, 2.75) is 25.1 Å². The third-order valence-corrected chi connectivity index (χ3v) is 4.06. The van der Waals surface area contributed by atoms with E-state index in [0.717, 1.165) is 11.3 Å². The zero-order valence-corrected chi connectivity index (χ0v) is 11.1. The van der Waals surface area contributed by atoms with Gasteiger partial charge in [-0.2, -0.15) is 27.2 Å². The molecule has 0 fully saturated rings. The minimum absolute atomic E-state index is 0.0529. The van der Waals surface area contributed by atoms with Crippen LogP contribution in [0.4, 0.5) is 27.0 Å². The predicted octanol–water partition coefficient (Wildman–Crippen LogP) is 2.40. The molecule has 2 heterocycles. The molecular formula is C11H8F5N3OS. The summed E-state index contributed by atoms with van der Waals surface area (Å²) in [6.45, 7) is 0.935. The normalized spacial score (nSPS) is 15.2. The molecule has 0 saturated carbocycles. The molecule has 0 aromatic carbocycles. The van der Waals surface area contributed by atoms with Crippen molar-refractivity contribution >= 4 is 22.2 Å². The van der Waals surface area contributed by atoms with E-state index in [1.54, 1.807) is 6.07 Å². The number of alkyl halides is 5. The quantitative estimate of drug-likeness (QED) is 0.821. The molecule has 0 spiro atoms. The lowest BCUT2D eigenvalue weighted by Gasteiger charge is -2.18. The highest BCUT2D eigenvalue weighted by Crippen LogP contribution is 2.39. The van der Waals surface area contributed by atoms with E-state index in [9.17, 15) is 26.7 Å². The summed E-state index contributed by atoms with van der Waals surface area (Å²) in [7, 11) is 0. The number of thiophene rings is 1. The third-order valence-electron chi connectivity index (χ3n) is 2.91. The van der Waals surface area contributed by atoms with Gasteiger partial charge in [0, 0.05) is 11.4 Å². The number of hydrogen-bond acceptors (Lipinski definition) is 4. The first-order valence-corrected chi connectivity index (χ1v) is 6.51. The molecule has 2 rings (SSSR count). The van der Waals surface area contributed by atoms with Crippen LogP contribution in [0.3, 0.4) is 0 Å². The number of halogens is 5. The van der Waals surface area contributed by atoms with Gasteiger partial charge in [0.15, 0.2) is 0 Å². The molecule has 0 unspecified atom stereocenters. The van der Waals surface area contributed by atoms with Crippen molar-refractivity contribution in [3.05, 3.63) is 16.0 Å². The van der Waals surface area contributed by atoms with Crippen molar-refractivity contribution in [2.24, 2.45) is 0 Å². The summed E-state index contributed by atoms with van der Waals surface area (Å²) in [6, 6.07) is 1.74. The van der Waals surface area contributed by atoms with Gasteiger partial charge in [-0.25, -0.2) is 0 Å². The van der Waals surface area contributed by atoms with Gasteiger partial charge in [0.2, 0.25) is 0 Å². The Morgan fingerprint density at radius 3 is 2.57 bits per heavy atom. The summed E-state index contributed by atoms with van der Waals surface area (Å²) in [6.07, 6.45) is -5.54. The number of rotatable bonds is 2. The van der Waals surface area contributed by atoms with Crippen molar-refractivity contribution in [1.82, 2.24) is 5.32 Å². The van der Waals surface area contributed by atoms with Gasteiger partial charge in [-0.3, -0.25) is 4.79 Å². The van der Waals surface area contributed by atoms with Crippen molar-refractivity contribution in [2.75, 3.05) is 11.9 Å². The maximum absolute atomic E-state index is 12.9. The zero-order valence-electron chi connectivity index (χ0n) is 10.3. The molecule has 2 N–H and O–H groups in total. The molecule has 0 atom stereocenters. The molecule has 21 heavy (non-hydrogen) atoms. The Balaban J connectivity index is 2.31. The van der Waals surface area contributed by atoms with Crippen LogP contribution < -0.4 is 10.6 Å². The SMILES string of the molecule is N#Cc1c(NC(=O)C(F)(F)C(F)(F)F)sc2c1CCNC2. The van der Waals surface area contributed by atoms with E-state index in [-0.39, 0.29) is 10.6 Å². The molecule has 0 radical (unpaired) electrons. The van der Waals surface area contributed by atoms with Gasteiger partial charge in [-0.1, -0.05) is 0 Å². The van der Waals surface area contributed by atoms with Crippen LogP contribution in [0.5, 0.6) is 0 Å². The van der Waals surface area contributed by atoms with E-state index >= 15 is 0 Å². The highest BCUT2D eigenvalue weighted by Gasteiger charge is 2.63. The molecule has 114 valence electrons. The smallest absolute Gasteiger partial charge is 0.312 e. The first-order valence-electron chi connectivity index (χ1n) is 5.70. The fraction of sp³-hybridized carbons (Fsp3) is 0.455. The highest BCUT2D eigenvalue weighted by atomic mass is 32.1. The van der Waals surface area contributed by atoms with Crippen molar-refractivity contribution < 1.29 is 26.7 Å². The summed E-state index contributed by atoms with van der Waals surface area (Å²) in [5.41, 5.74) is 0.523. The molecular weight excluding hydrogens is 317 g/mol. The second kappa shape index (κ2) is 5.23. The summed E-state index contributed by atoms with van der Waals surface area (Å²) in [5, 5.41) is 13.2. The summed E-state index contributed by atoms with van der Waals surface area (Å²) >= 11 is 0.824. The maximum Gasteiger partial charge on any atom is 0.463 e. The summed E-state index contributed by atoms with van der Waals surface area (Å²) < 4.78 is 62.1. The Kier molecular flexibility index (Phi) is 3.90. The number of fused-ring (bicyclic) bond motifs is 1. The number of amides is 1. The van der Waals surface area contributed by atoms with Crippen LogP contribution in [-0.2, 0) is 17.8 Å². The molecule has 0 aliphatic carbocycles. The number of nitriles is 1. The fourth-order valence-electron chi connectivity index (χ4n) is 1.85. The Morgan fingerprint density at radius 1 is 1.33 bits per heavy atom. The molecule has 1 amide bonds. The van der Waals surface area contributed by atoms with Crippen molar-refractivity contribution in [1.29, 1.82) is 5.26 Å². The minimum Gasteiger partial charge on any atom is -0.312 e. The molecule has 1 aliphatic rings. The highest BCUT2D eigenvalue weighted by molar-refractivity contribution is 7.16. The Bertz CT molecular complexity index is 617. The molecule has 1 aromatic rings. The second-order valence-electron chi connectivity index (χ2n) is 4.27. The fourth-order valence-corrected chi connectivity index (χ4v) is 3.01. The zero-order chi connectivity index (χ0) is 15.8. The van der Waals surface area contributed by atoms with Gasteiger partial charge in [-0.05, 0) is 18.5 Å². The van der Waals surface area contributed by atoms with Gasteiger partial charge in [0.1, 0.15) is 11.1 Å². The van der Waals surface area contributed by atoms with Gasteiger partial charge < -0.3 is 10.6 Å². The number of nitrogens with one attached hydrogen (secondary N) is 2. The Morgan fingerprint density at radius 2 is 2.00 bits per heavy atom. The van der Waals surface area contributed by atoms with Gasteiger partial charge >= 0.3 is 18.0 Å². The topological polar surface area (TPSA) is 64.9 Å². The lowest BCUT2D eigenvalue weighted by molar-refractivity contribution is -0.267. The van der Waals surface area contributed by atoms with Gasteiger partial charge in [-0.15, -0.1) is 11.3 Å². The van der Waals surface area contributed by atoms with Crippen LogP contribution in [-0.4, -0.2) is 24.6 Å². The van der Waals surface area contributed by atoms with Crippen LogP contribution in [0.15, 0.2) is 0 Å².